The van der Waals surface area contributed by atoms with E-state index in [2.05, 4.69) is 9.71 Å². The molecule has 41 heavy (non-hydrogen) atoms. The van der Waals surface area contributed by atoms with Gasteiger partial charge in [0.2, 0.25) is 0 Å². The Bertz CT molecular complexity index is 1650. The Morgan fingerprint density at radius 3 is 2.51 bits per heavy atom. The fourth-order valence-corrected chi connectivity index (χ4v) is 5.58. The maximum atomic E-state index is 13.4. The number of nitrogens with zero attached hydrogens (tertiary/aromatic N) is 3. The van der Waals surface area contributed by atoms with Crippen molar-refractivity contribution in [1.82, 2.24) is 14.5 Å². The molecule has 4 rings (SSSR count). The molecule has 0 saturated heterocycles. The van der Waals surface area contributed by atoms with Gasteiger partial charge < -0.3 is 24.7 Å². The van der Waals surface area contributed by atoms with Crippen molar-refractivity contribution in [2.24, 2.45) is 5.73 Å². The van der Waals surface area contributed by atoms with Gasteiger partial charge in [-0.25, -0.2) is 13.4 Å². The monoisotopic (exact) mass is 578 g/mol. The Balaban J connectivity index is 1.64. The highest BCUT2D eigenvalue weighted by Crippen LogP contribution is 2.26. The lowest BCUT2D eigenvalue weighted by atomic mass is 10.1. The van der Waals surface area contributed by atoms with E-state index in [1.54, 1.807) is 66.1 Å². The number of anilines is 1. The Labute approximate surface area is 239 Å². The normalized spacial score (nSPS) is 11.5. The van der Waals surface area contributed by atoms with Crippen molar-refractivity contribution in [2.45, 2.75) is 31.4 Å². The first-order chi connectivity index (χ1) is 19.6. The van der Waals surface area contributed by atoms with Gasteiger partial charge in [0, 0.05) is 12.1 Å². The lowest BCUT2D eigenvalue weighted by Gasteiger charge is -2.15. The van der Waals surface area contributed by atoms with Crippen LogP contribution < -0.4 is 15.2 Å². The minimum Gasteiger partial charge on any atom is -0.486 e. The lowest BCUT2D eigenvalue weighted by Crippen LogP contribution is -2.19. The van der Waals surface area contributed by atoms with E-state index in [1.807, 2.05) is 31.1 Å². The maximum Gasteiger partial charge on any atom is 0.326 e. The van der Waals surface area contributed by atoms with Crippen LogP contribution in [0, 0.1) is 5.41 Å². The van der Waals surface area contributed by atoms with Gasteiger partial charge in [-0.15, -0.1) is 0 Å². The molecule has 0 aliphatic rings. The van der Waals surface area contributed by atoms with Gasteiger partial charge in [0.05, 0.1) is 28.2 Å². The lowest BCUT2D eigenvalue weighted by molar-refractivity contribution is -0.143. The smallest absolute Gasteiger partial charge is 0.326 e. The summed E-state index contributed by atoms with van der Waals surface area (Å²) >= 11 is 0. The quantitative estimate of drug-likeness (QED) is 0.124. The molecule has 0 aliphatic heterocycles. The summed E-state index contributed by atoms with van der Waals surface area (Å²) in [6, 6.07) is 18.6. The number of benzene rings is 3. The van der Waals surface area contributed by atoms with Gasteiger partial charge >= 0.3 is 5.97 Å². The predicted molar refractivity (Wildman–Crippen MR) is 158 cm³/mol. The number of carbonyl (C=O) groups is 1. The first-order valence-corrected chi connectivity index (χ1v) is 14.5. The van der Waals surface area contributed by atoms with E-state index in [0.29, 0.717) is 46.8 Å². The van der Waals surface area contributed by atoms with Crippen LogP contribution in [-0.2, 0) is 39.1 Å². The van der Waals surface area contributed by atoms with E-state index in [-0.39, 0.29) is 30.5 Å². The number of rotatable bonds is 13. The molecule has 3 aromatic carbocycles. The van der Waals surface area contributed by atoms with Crippen LogP contribution in [0.3, 0.4) is 0 Å². The van der Waals surface area contributed by atoms with Crippen molar-refractivity contribution in [1.29, 1.82) is 5.41 Å². The number of amidine groups is 1. The molecule has 0 aliphatic carbocycles. The molecule has 0 bridgehead atoms. The summed E-state index contributed by atoms with van der Waals surface area (Å²) in [5, 5.41) is 7.53. The number of likely N-dealkylation sites (N-methyl/N-ethyl adjacent to an activating group) is 1. The van der Waals surface area contributed by atoms with Crippen molar-refractivity contribution in [2.75, 3.05) is 32.0 Å². The van der Waals surface area contributed by atoms with Gasteiger partial charge in [-0.05, 0) is 81.5 Å². The zero-order chi connectivity index (χ0) is 29.6. The Kier molecular flexibility index (Phi) is 9.25. The molecule has 0 spiro atoms. The highest BCUT2D eigenvalue weighted by atomic mass is 32.2. The summed E-state index contributed by atoms with van der Waals surface area (Å²) in [6.45, 7) is 2.56. The Morgan fingerprint density at radius 2 is 1.83 bits per heavy atom. The molecule has 4 aromatic rings. The van der Waals surface area contributed by atoms with Gasteiger partial charge in [-0.3, -0.25) is 14.9 Å². The van der Waals surface area contributed by atoms with Crippen molar-refractivity contribution >= 4 is 38.5 Å². The first kappa shape index (κ1) is 29.6. The van der Waals surface area contributed by atoms with E-state index in [4.69, 9.17) is 20.6 Å². The van der Waals surface area contributed by atoms with Crippen LogP contribution in [0.2, 0.25) is 0 Å². The van der Waals surface area contributed by atoms with E-state index < -0.39 is 16.0 Å². The van der Waals surface area contributed by atoms with Crippen molar-refractivity contribution in [3.63, 3.8) is 0 Å². The third-order valence-electron chi connectivity index (χ3n) is 6.30. The van der Waals surface area contributed by atoms with Crippen molar-refractivity contribution < 1.29 is 22.7 Å². The number of nitrogen functional groups attached to an aromatic ring is 1. The minimum absolute atomic E-state index is 0.0355. The average molecular weight is 579 g/mol. The first-order valence-electron chi connectivity index (χ1n) is 13.0. The number of ether oxygens (including phenoxy) is 2. The van der Waals surface area contributed by atoms with Crippen molar-refractivity contribution in [3.8, 4) is 5.75 Å². The number of sulfonamides is 1. The molecule has 4 N–H and O–H groups in total. The summed E-state index contributed by atoms with van der Waals surface area (Å²) < 4.78 is 42.2. The highest BCUT2D eigenvalue weighted by molar-refractivity contribution is 7.92. The summed E-state index contributed by atoms with van der Waals surface area (Å²) in [4.78, 5) is 19.3. The SMILES string of the molecule is CCOC(=O)Cn1c(COc2ccc(C(=N)N)cc2)nc2ccc(NS(=O)(=O)c3ccccc3CCN(C)C)cc21. The number of carbonyl (C=O) groups excluding carboxylic acids is 1. The van der Waals surface area contributed by atoms with E-state index >= 15 is 0 Å². The third kappa shape index (κ3) is 7.41. The van der Waals surface area contributed by atoms with Crippen LogP contribution in [-0.4, -0.2) is 61.9 Å². The highest BCUT2D eigenvalue weighted by Gasteiger charge is 2.20. The van der Waals surface area contributed by atoms with Crippen LogP contribution in [0.1, 0.15) is 23.9 Å². The van der Waals surface area contributed by atoms with Gasteiger partial charge in [0.15, 0.2) is 0 Å². The molecule has 0 radical (unpaired) electrons. The van der Waals surface area contributed by atoms with Gasteiger partial charge in [0.25, 0.3) is 10.0 Å². The standard InChI is InChI=1S/C29H34N6O5S/c1-4-39-28(36)18-35-25-17-22(33-41(37,38)26-8-6-5-7-20(26)15-16-34(2)3)11-14-24(25)32-27(35)19-40-23-12-9-21(10-13-23)29(30)31/h5-14,17,33H,4,15-16,18-19H2,1-3H3,(H3,30,31). The molecule has 1 aromatic heterocycles. The molecule has 0 saturated carbocycles. The van der Waals surface area contributed by atoms with Crippen LogP contribution >= 0.6 is 0 Å². The molecular weight excluding hydrogens is 544 g/mol. The average Bonchev–Trinajstić information content (AvgIpc) is 3.27. The number of fused-ring (bicyclic) bond motifs is 1. The molecule has 0 atom stereocenters. The molecule has 0 fully saturated rings. The fraction of sp³-hybridized carbons (Fsp3) is 0.276. The summed E-state index contributed by atoms with van der Waals surface area (Å²) in [5.74, 6) is 0.486. The Morgan fingerprint density at radius 1 is 1.10 bits per heavy atom. The fourth-order valence-electron chi connectivity index (χ4n) is 4.26. The van der Waals surface area contributed by atoms with Gasteiger partial charge in [-0.1, -0.05) is 18.2 Å². The molecule has 216 valence electrons. The maximum absolute atomic E-state index is 13.4. The van der Waals surface area contributed by atoms with Crippen LogP contribution in [0.25, 0.3) is 11.0 Å². The second-order valence-corrected chi connectivity index (χ2v) is 11.3. The number of aromatic nitrogens is 2. The van der Waals surface area contributed by atoms with E-state index in [9.17, 15) is 13.2 Å². The minimum atomic E-state index is -3.89. The molecular formula is C29H34N6O5S. The summed E-state index contributed by atoms with van der Waals surface area (Å²) in [5.41, 5.74) is 8.25. The molecule has 0 unspecified atom stereocenters. The number of hydrogen-bond acceptors (Lipinski definition) is 8. The van der Waals surface area contributed by atoms with Gasteiger partial charge in [-0.2, -0.15) is 0 Å². The zero-order valence-corrected chi connectivity index (χ0v) is 24.1. The second-order valence-electron chi connectivity index (χ2n) is 9.62. The van der Waals surface area contributed by atoms with Crippen LogP contribution in [0.4, 0.5) is 5.69 Å². The number of esters is 1. The molecule has 11 nitrogen and oxygen atoms in total. The second kappa shape index (κ2) is 12.8. The molecule has 0 amide bonds. The topological polar surface area (TPSA) is 153 Å². The third-order valence-corrected chi connectivity index (χ3v) is 7.78. The number of nitrogens with two attached hydrogens (primary N) is 1. The zero-order valence-electron chi connectivity index (χ0n) is 23.3. The molecule has 12 heteroatoms. The van der Waals surface area contributed by atoms with Crippen LogP contribution in [0.15, 0.2) is 71.6 Å². The van der Waals surface area contributed by atoms with E-state index in [1.165, 1.54) is 0 Å². The number of imidazole rings is 1. The van der Waals surface area contributed by atoms with Crippen molar-refractivity contribution in [3.05, 3.63) is 83.7 Å². The summed E-state index contributed by atoms with van der Waals surface area (Å²) in [6.07, 6.45) is 0.580. The predicted octanol–water partition coefficient (Wildman–Crippen LogP) is 3.37. The molecule has 1 heterocycles. The number of hydrogen-bond donors (Lipinski definition) is 3. The Hall–Kier alpha value is -4.42. The van der Waals surface area contributed by atoms with Gasteiger partial charge in [0.1, 0.15) is 30.6 Å². The summed E-state index contributed by atoms with van der Waals surface area (Å²) in [7, 11) is -0.0167. The van der Waals surface area contributed by atoms with Crippen LogP contribution in [0.5, 0.6) is 5.75 Å². The largest absolute Gasteiger partial charge is 0.486 e. The van der Waals surface area contributed by atoms with E-state index in [0.717, 1.165) is 5.56 Å². The number of nitrogens with one attached hydrogen (secondary N) is 2.